The van der Waals surface area contributed by atoms with Crippen LogP contribution >= 0.6 is 0 Å². The van der Waals surface area contributed by atoms with Crippen molar-refractivity contribution in [2.45, 2.75) is 12.8 Å². The zero-order chi connectivity index (χ0) is 17.5. The van der Waals surface area contributed by atoms with E-state index in [2.05, 4.69) is 0 Å². The van der Waals surface area contributed by atoms with Gasteiger partial charge < -0.3 is 14.4 Å². The topological polar surface area (TPSA) is 21.7 Å². The van der Waals surface area contributed by atoms with Gasteiger partial charge >= 0.3 is 0 Å². The van der Waals surface area contributed by atoms with Crippen LogP contribution in [0.3, 0.4) is 0 Å². The molecule has 0 saturated carbocycles. The molecular formula is C20H24FNO2. The molecule has 4 heteroatoms. The molecule has 0 fully saturated rings. The average molecular weight is 329 g/mol. The molecule has 2 rings (SSSR count). The van der Waals surface area contributed by atoms with Crippen molar-refractivity contribution in [1.29, 1.82) is 0 Å². The molecule has 0 N–H and O–H groups in total. The van der Waals surface area contributed by atoms with E-state index in [1.54, 1.807) is 19.2 Å². The molecule has 0 unspecified atom stereocenters. The fourth-order valence-electron chi connectivity index (χ4n) is 2.57. The Bertz CT molecular complexity index is 693. The standard InChI is InChI=1S/C20H24FNO2/c1-22(2)14-16(11-15-5-8-18(23-3)9-6-15)12-17-7-10-19(24-4)13-20(17)21/h5-10,13-14H,11-12H2,1-4H3. The molecule has 24 heavy (non-hydrogen) atoms. The van der Waals surface area contributed by atoms with Crippen molar-refractivity contribution < 1.29 is 13.9 Å². The molecule has 0 heterocycles. The zero-order valence-corrected chi connectivity index (χ0v) is 14.7. The summed E-state index contributed by atoms with van der Waals surface area (Å²) < 4.78 is 24.5. The van der Waals surface area contributed by atoms with Gasteiger partial charge in [-0.15, -0.1) is 0 Å². The van der Waals surface area contributed by atoms with Crippen molar-refractivity contribution in [1.82, 2.24) is 4.90 Å². The van der Waals surface area contributed by atoms with Crippen LogP contribution in [0.2, 0.25) is 0 Å². The third kappa shape index (κ3) is 5.01. The Morgan fingerprint density at radius 1 is 0.958 bits per heavy atom. The first-order chi connectivity index (χ1) is 11.5. The van der Waals surface area contributed by atoms with Gasteiger partial charge in [-0.1, -0.05) is 18.2 Å². The number of hydrogen-bond acceptors (Lipinski definition) is 3. The summed E-state index contributed by atoms with van der Waals surface area (Å²) in [6.45, 7) is 0. The summed E-state index contributed by atoms with van der Waals surface area (Å²) in [7, 11) is 7.13. The fourth-order valence-corrected chi connectivity index (χ4v) is 2.57. The van der Waals surface area contributed by atoms with Crippen molar-refractivity contribution in [3.05, 3.63) is 71.2 Å². The summed E-state index contributed by atoms with van der Waals surface area (Å²) >= 11 is 0. The monoisotopic (exact) mass is 329 g/mol. The van der Waals surface area contributed by atoms with Crippen molar-refractivity contribution in [2.24, 2.45) is 0 Å². The molecular weight excluding hydrogens is 305 g/mol. The number of benzene rings is 2. The van der Waals surface area contributed by atoms with Crippen LogP contribution in [-0.2, 0) is 12.8 Å². The Morgan fingerprint density at radius 2 is 1.58 bits per heavy atom. The van der Waals surface area contributed by atoms with Gasteiger partial charge in [0.2, 0.25) is 0 Å². The Hall–Kier alpha value is -2.49. The lowest BCUT2D eigenvalue weighted by molar-refractivity contribution is 0.410. The first-order valence-corrected chi connectivity index (χ1v) is 7.83. The van der Waals surface area contributed by atoms with Gasteiger partial charge in [-0.25, -0.2) is 4.39 Å². The number of halogens is 1. The Kier molecular flexibility index (Phi) is 6.24. The number of hydrogen-bond donors (Lipinski definition) is 0. The molecule has 2 aromatic rings. The van der Waals surface area contributed by atoms with E-state index in [0.717, 1.165) is 23.3 Å². The molecule has 128 valence electrons. The average Bonchev–Trinajstić information content (AvgIpc) is 2.56. The van der Waals surface area contributed by atoms with Crippen LogP contribution in [0.1, 0.15) is 11.1 Å². The molecule has 0 aromatic heterocycles. The van der Waals surface area contributed by atoms with Crippen LogP contribution in [0.5, 0.6) is 11.5 Å². The molecule has 0 atom stereocenters. The maximum absolute atomic E-state index is 14.2. The lowest BCUT2D eigenvalue weighted by atomic mass is 9.98. The van der Waals surface area contributed by atoms with Gasteiger partial charge in [0, 0.05) is 20.2 Å². The van der Waals surface area contributed by atoms with Gasteiger partial charge in [-0.2, -0.15) is 0 Å². The van der Waals surface area contributed by atoms with Crippen LogP contribution in [-0.4, -0.2) is 33.2 Å². The lowest BCUT2D eigenvalue weighted by Gasteiger charge is -2.14. The van der Waals surface area contributed by atoms with E-state index in [-0.39, 0.29) is 5.82 Å². The van der Waals surface area contributed by atoms with Gasteiger partial charge in [-0.3, -0.25) is 0 Å². The van der Waals surface area contributed by atoms with Crippen LogP contribution < -0.4 is 9.47 Å². The highest BCUT2D eigenvalue weighted by Crippen LogP contribution is 2.21. The third-order valence-corrected chi connectivity index (χ3v) is 3.71. The summed E-state index contributed by atoms with van der Waals surface area (Å²) in [5.74, 6) is 1.12. The van der Waals surface area contributed by atoms with Crippen molar-refractivity contribution in [3.8, 4) is 11.5 Å². The number of nitrogens with zero attached hydrogens (tertiary/aromatic N) is 1. The summed E-state index contributed by atoms with van der Waals surface area (Å²) in [6, 6.07) is 13.0. The van der Waals surface area contributed by atoms with Gasteiger partial charge in [0.1, 0.15) is 17.3 Å². The minimum absolute atomic E-state index is 0.242. The molecule has 3 nitrogen and oxygen atoms in total. The van der Waals surface area contributed by atoms with Gasteiger partial charge in [0.25, 0.3) is 0 Å². The second-order valence-corrected chi connectivity index (χ2v) is 5.91. The predicted octanol–water partition coefficient (Wildman–Crippen LogP) is 4.07. The first-order valence-electron chi connectivity index (χ1n) is 7.83. The number of rotatable bonds is 7. The Labute approximate surface area is 143 Å². The maximum Gasteiger partial charge on any atom is 0.130 e. The number of allylic oxidation sites excluding steroid dienone is 1. The Morgan fingerprint density at radius 3 is 2.12 bits per heavy atom. The second kappa shape index (κ2) is 8.39. The summed E-state index contributed by atoms with van der Waals surface area (Å²) in [5.41, 5.74) is 2.96. The normalized spacial score (nSPS) is 11.3. The van der Waals surface area contributed by atoms with E-state index in [9.17, 15) is 4.39 Å². The van der Waals surface area contributed by atoms with E-state index in [0.29, 0.717) is 17.7 Å². The van der Waals surface area contributed by atoms with E-state index in [1.807, 2.05) is 49.5 Å². The molecule has 2 aromatic carbocycles. The fraction of sp³-hybridized carbons (Fsp3) is 0.300. The molecule has 0 aliphatic heterocycles. The zero-order valence-electron chi connectivity index (χ0n) is 14.7. The third-order valence-electron chi connectivity index (χ3n) is 3.71. The number of methoxy groups -OCH3 is 2. The van der Waals surface area contributed by atoms with Crippen molar-refractivity contribution in [3.63, 3.8) is 0 Å². The minimum Gasteiger partial charge on any atom is -0.497 e. The summed E-state index contributed by atoms with van der Waals surface area (Å²) in [4.78, 5) is 1.99. The van der Waals surface area contributed by atoms with Crippen molar-refractivity contribution >= 4 is 0 Å². The molecule has 0 spiro atoms. The van der Waals surface area contributed by atoms with Crippen LogP contribution in [0, 0.1) is 5.82 Å². The van der Waals surface area contributed by atoms with Crippen molar-refractivity contribution in [2.75, 3.05) is 28.3 Å². The smallest absolute Gasteiger partial charge is 0.130 e. The summed E-state index contributed by atoms with van der Waals surface area (Å²) in [5, 5.41) is 0. The van der Waals surface area contributed by atoms with Crippen LogP contribution in [0.25, 0.3) is 0 Å². The summed E-state index contributed by atoms with van der Waals surface area (Å²) in [6.07, 6.45) is 3.36. The molecule has 0 bridgehead atoms. The SMILES string of the molecule is COc1ccc(CC(=CN(C)C)Cc2ccc(OC)cc2F)cc1. The minimum atomic E-state index is -0.242. The molecule has 0 aliphatic carbocycles. The quantitative estimate of drug-likeness (QED) is 0.764. The van der Waals surface area contributed by atoms with Gasteiger partial charge in [-0.05, 0) is 53.9 Å². The van der Waals surface area contributed by atoms with Crippen LogP contribution in [0.4, 0.5) is 4.39 Å². The lowest BCUT2D eigenvalue weighted by Crippen LogP contribution is -2.07. The van der Waals surface area contributed by atoms with Crippen LogP contribution in [0.15, 0.2) is 54.2 Å². The maximum atomic E-state index is 14.2. The second-order valence-electron chi connectivity index (χ2n) is 5.91. The largest absolute Gasteiger partial charge is 0.497 e. The number of ether oxygens (including phenoxy) is 2. The molecule has 0 radical (unpaired) electrons. The highest BCUT2D eigenvalue weighted by molar-refractivity contribution is 5.34. The molecule has 0 aliphatic rings. The van der Waals surface area contributed by atoms with E-state index in [1.165, 1.54) is 13.2 Å². The molecule has 0 saturated heterocycles. The Balaban J connectivity index is 2.19. The predicted molar refractivity (Wildman–Crippen MR) is 95.1 cm³/mol. The van der Waals surface area contributed by atoms with E-state index < -0.39 is 0 Å². The van der Waals surface area contributed by atoms with Gasteiger partial charge in [0.05, 0.1) is 14.2 Å². The molecule has 0 amide bonds. The van der Waals surface area contributed by atoms with E-state index in [4.69, 9.17) is 9.47 Å². The van der Waals surface area contributed by atoms with E-state index >= 15 is 0 Å². The van der Waals surface area contributed by atoms with Gasteiger partial charge in [0.15, 0.2) is 0 Å². The first kappa shape index (κ1) is 17.9. The highest BCUT2D eigenvalue weighted by Gasteiger charge is 2.09. The highest BCUT2D eigenvalue weighted by atomic mass is 19.1.